The van der Waals surface area contributed by atoms with E-state index in [1.807, 2.05) is 12.3 Å². The number of hydrogen-bond acceptors (Lipinski definition) is 5. The van der Waals surface area contributed by atoms with Crippen LogP contribution in [-0.4, -0.2) is 36.9 Å². The highest BCUT2D eigenvalue weighted by atomic mass is 32.2. The van der Waals surface area contributed by atoms with Gasteiger partial charge in [0.15, 0.2) is 9.84 Å². The molecule has 0 spiro atoms. The number of aromatic nitrogens is 1. The first kappa shape index (κ1) is 15.4. The predicted molar refractivity (Wildman–Crippen MR) is 79.6 cm³/mol. The molecule has 112 valence electrons. The summed E-state index contributed by atoms with van der Waals surface area (Å²) in [6.45, 7) is 2.36. The van der Waals surface area contributed by atoms with Gasteiger partial charge in [0.25, 0.3) is 0 Å². The zero-order chi connectivity index (χ0) is 14.6. The van der Waals surface area contributed by atoms with E-state index in [1.165, 1.54) is 0 Å². The summed E-state index contributed by atoms with van der Waals surface area (Å²) in [5.74, 6) is -0.780. The number of carbonyl (C=O) groups is 1. The molecule has 1 saturated carbocycles. The van der Waals surface area contributed by atoms with E-state index < -0.39 is 15.7 Å². The summed E-state index contributed by atoms with van der Waals surface area (Å²) in [6, 6.07) is 0. The highest BCUT2D eigenvalue weighted by molar-refractivity contribution is 7.92. The van der Waals surface area contributed by atoms with Crippen molar-refractivity contribution in [3.8, 4) is 0 Å². The van der Waals surface area contributed by atoms with Crippen LogP contribution in [0.5, 0.6) is 0 Å². The van der Waals surface area contributed by atoms with E-state index in [4.69, 9.17) is 0 Å². The lowest BCUT2D eigenvalue weighted by atomic mass is 10.3. The van der Waals surface area contributed by atoms with Gasteiger partial charge in [-0.3, -0.25) is 4.79 Å². The molecule has 1 aliphatic rings. The van der Waals surface area contributed by atoms with Crippen molar-refractivity contribution in [3.63, 3.8) is 0 Å². The normalized spacial score (nSPS) is 16.4. The Morgan fingerprint density at radius 3 is 2.75 bits per heavy atom. The number of carbonyl (C=O) groups excluding carboxylic acids is 1. The van der Waals surface area contributed by atoms with Gasteiger partial charge >= 0.3 is 0 Å². The van der Waals surface area contributed by atoms with E-state index in [0.717, 1.165) is 23.5 Å². The van der Waals surface area contributed by atoms with Gasteiger partial charge in [-0.1, -0.05) is 12.8 Å². The van der Waals surface area contributed by atoms with Crippen LogP contribution in [0.4, 0.5) is 0 Å². The molecule has 0 bridgehead atoms. The first-order valence-corrected chi connectivity index (χ1v) is 9.46. The van der Waals surface area contributed by atoms with Crippen molar-refractivity contribution in [2.24, 2.45) is 0 Å². The molecule has 20 heavy (non-hydrogen) atoms. The first-order chi connectivity index (χ1) is 9.47. The summed E-state index contributed by atoms with van der Waals surface area (Å²) in [5.41, 5.74) is 0.937. The van der Waals surface area contributed by atoms with Gasteiger partial charge in [-0.05, 0) is 19.8 Å². The lowest BCUT2D eigenvalue weighted by Crippen LogP contribution is -2.35. The van der Waals surface area contributed by atoms with Crippen molar-refractivity contribution in [1.29, 1.82) is 0 Å². The second-order valence-corrected chi connectivity index (χ2v) is 8.51. The summed E-state index contributed by atoms with van der Waals surface area (Å²) in [5, 5.41) is 5.31. The Bertz CT molecular complexity index is 560. The highest BCUT2D eigenvalue weighted by Gasteiger charge is 2.30. The fraction of sp³-hybridized carbons (Fsp3) is 0.692. The summed E-state index contributed by atoms with van der Waals surface area (Å²) in [6.07, 6.45) is 3.95. The Hall–Kier alpha value is -0.950. The Kier molecular flexibility index (Phi) is 5.15. The molecule has 1 fully saturated rings. The van der Waals surface area contributed by atoms with Crippen molar-refractivity contribution in [2.45, 2.75) is 44.3 Å². The number of rotatable bonds is 6. The second kappa shape index (κ2) is 6.67. The van der Waals surface area contributed by atoms with E-state index >= 15 is 0 Å². The molecule has 7 heteroatoms. The van der Waals surface area contributed by atoms with Gasteiger partial charge in [-0.25, -0.2) is 13.4 Å². The SMILES string of the molecule is Cc1nc(CCNC(=O)CS(=O)(=O)C2CCCC2)cs1. The number of nitrogens with one attached hydrogen (secondary N) is 1. The topological polar surface area (TPSA) is 76.1 Å². The molecular weight excluding hydrogens is 296 g/mol. The van der Waals surface area contributed by atoms with Crippen molar-refractivity contribution in [2.75, 3.05) is 12.3 Å². The minimum Gasteiger partial charge on any atom is -0.355 e. The third-order valence-electron chi connectivity index (χ3n) is 3.51. The third kappa shape index (κ3) is 4.28. The standard InChI is InChI=1S/C13H20N2O3S2/c1-10-15-11(8-19-10)6-7-14-13(16)9-20(17,18)12-4-2-3-5-12/h8,12H,2-7,9H2,1H3,(H,14,16). The van der Waals surface area contributed by atoms with E-state index in [1.54, 1.807) is 11.3 Å². The zero-order valence-corrected chi connectivity index (χ0v) is 13.2. The molecule has 1 amide bonds. The molecular formula is C13H20N2O3S2. The van der Waals surface area contributed by atoms with Crippen LogP contribution in [0.1, 0.15) is 36.4 Å². The number of nitrogens with zero attached hydrogens (tertiary/aromatic N) is 1. The van der Waals surface area contributed by atoms with Crippen LogP contribution in [0.15, 0.2) is 5.38 Å². The summed E-state index contributed by atoms with van der Waals surface area (Å²) >= 11 is 1.57. The molecule has 0 unspecified atom stereocenters. The molecule has 5 nitrogen and oxygen atoms in total. The number of aryl methyl sites for hydroxylation is 1. The lowest BCUT2D eigenvalue weighted by Gasteiger charge is -2.10. The summed E-state index contributed by atoms with van der Waals surface area (Å²) in [7, 11) is -3.28. The monoisotopic (exact) mass is 316 g/mol. The molecule has 1 aromatic rings. The molecule has 1 aromatic heterocycles. The Morgan fingerprint density at radius 2 is 2.15 bits per heavy atom. The van der Waals surface area contributed by atoms with E-state index in [-0.39, 0.29) is 11.0 Å². The van der Waals surface area contributed by atoms with Gasteiger partial charge in [0.2, 0.25) is 5.91 Å². The fourth-order valence-electron chi connectivity index (χ4n) is 2.45. The highest BCUT2D eigenvalue weighted by Crippen LogP contribution is 2.25. The number of hydrogen-bond donors (Lipinski definition) is 1. The van der Waals surface area contributed by atoms with Gasteiger partial charge in [-0.2, -0.15) is 0 Å². The lowest BCUT2D eigenvalue weighted by molar-refractivity contribution is -0.118. The Labute approximate surface area is 123 Å². The maximum absolute atomic E-state index is 12.0. The molecule has 2 rings (SSSR count). The van der Waals surface area contributed by atoms with Crippen LogP contribution in [0.2, 0.25) is 0 Å². The predicted octanol–water partition coefficient (Wildman–Crippen LogP) is 1.47. The van der Waals surface area contributed by atoms with Crippen LogP contribution in [0, 0.1) is 6.92 Å². The van der Waals surface area contributed by atoms with Crippen molar-refractivity contribution >= 4 is 27.1 Å². The molecule has 0 atom stereocenters. The van der Waals surface area contributed by atoms with Gasteiger partial charge in [0.05, 0.1) is 16.0 Å². The van der Waals surface area contributed by atoms with Gasteiger partial charge in [0, 0.05) is 18.3 Å². The summed E-state index contributed by atoms with van der Waals surface area (Å²) < 4.78 is 24.0. The molecule has 1 heterocycles. The van der Waals surface area contributed by atoms with E-state index in [0.29, 0.717) is 25.8 Å². The van der Waals surface area contributed by atoms with Crippen molar-refractivity contribution in [1.82, 2.24) is 10.3 Å². The Balaban J connectivity index is 1.75. The van der Waals surface area contributed by atoms with E-state index in [9.17, 15) is 13.2 Å². The average Bonchev–Trinajstić information content (AvgIpc) is 3.00. The molecule has 1 N–H and O–H groups in total. The molecule has 0 saturated heterocycles. The molecule has 0 radical (unpaired) electrons. The van der Waals surface area contributed by atoms with Crippen LogP contribution >= 0.6 is 11.3 Å². The second-order valence-electron chi connectivity index (χ2n) is 5.17. The minimum atomic E-state index is -3.28. The number of sulfone groups is 1. The van der Waals surface area contributed by atoms with Gasteiger partial charge in [-0.15, -0.1) is 11.3 Å². The van der Waals surface area contributed by atoms with Crippen LogP contribution in [0.3, 0.4) is 0 Å². The van der Waals surface area contributed by atoms with Crippen LogP contribution < -0.4 is 5.32 Å². The van der Waals surface area contributed by atoms with Crippen molar-refractivity contribution < 1.29 is 13.2 Å². The Morgan fingerprint density at radius 1 is 1.45 bits per heavy atom. The molecule has 0 aliphatic heterocycles. The zero-order valence-electron chi connectivity index (χ0n) is 11.6. The largest absolute Gasteiger partial charge is 0.355 e. The maximum Gasteiger partial charge on any atom is 0.235 e. The smallest absolute Gasteiger partial charge is 0.235 e. The van der Waals surface area contributed by atoms with Gasteiger partial charge in [0.1, 0.15) is 5.75 Å². The molecule has 0 aromatic carbocycles. The maximum atomic E-state index is 12.0. The van der Waals surface area contributed by atoms with Crippen LogP contribution in [-0.2, 0) is 21.1 Å². The molecule has 1 aliphatic carbocycles. The third-order valence-corrected chi connectivity index (χ3v) is 6.49. The quantitative estimate of drug-likeness (QED) is 0.862. The minimum absolute atomic E-state index is 0.311. The first-order valence-electron chi connectivity index (χ1n) is 6.86. The van der Waals surface area contributed by atoms with E-state index in [2.05, 4.69) is 10.3 Å². The summed E-state index contributed by atoms with van der Waals surface area (Å²) in [4.78, 5) is 16.0. The average molecular weight is 316 g/mol. The number of amides is 1. The number of thiazole rings is 1. The van der Waals surface area contributed by atoms with Crippen molar-refractivity contribution in [3.05, 3.63) is 16.1 Å². The fourth-order valence-corrected chi connectivity index (χ4v) is 4.85. The van der Waals surface area contributed by atoms with Gasteiger partial charge < -0.3 is 5.32 Å². The van der Waals surface area contributed by atoms with Crippen LogP contribution in [0.25, 0.3) is 0 Å².